The standard InChI is InChI=1S/C60H115NO5/c1-3-5-7-9-11-13-15-17-19-20-21-22-26-30-34-38-42-46-50-54-60(65)66-55-51-47-43-39-35-31-27-23-25-29-33-37-41-45-49-53-59(64)61-57(56-62)58(63)52-48-44-40-36-32-28-24-18-16-14-12-10-8-6-4-2/h27,31,48,52,57-58,62-63H,3-26,28-30,32-47,49-51,53-56H2,1-2H3,(H,61,64)/b31-27-,52-48+. The Kier molecular flexibility index (Phi) is 54.5. The fraction of sp³-hybridized carbons (Fsp3) is 0.900. The van der Waals surface area contributed by atoms with Gasteiger partial charge in [0.2, 0.25) is 5.91 Å². The van der Waals surface area contributed by atoms with E-state index in [-0.39, 0.29) is 18.5 Å². The van der Waals surface area contributed by atoms with Gasteiger partial charge >= 0.3 is 5.97 Å². The van der Waals surface area contributed by atoms with Crippen molar-refractivity contribution in [2.24, 2.45) is 0 Å². The van der Waals surface area contributed by atoms with Crippen molar-refractivity contribution in [2.75, 3.05) is 13.2 Å². The maximum absolute atomic E-state index is 12.4. The highest BCUT2D eigenvalue weighted by molar-refractivity contribution is 5.76. The quantitative estimate of drug-likeness (QED) is 0.0321. The topological polar surface area (TPSA) is 95.9 Å². The number of aliphatic hydroxyl groups is 2. The molecule has 0 heterocycles. The molecule has 0 bridgehead atoms. The van der Waals surface area contributed by atoms with Gasteiger partial charge in [-0.1, -0.05) is 276 Å². The van der Waals surface area contributed by atoms with Crippen LogP contribution in [0, 0.1) is 0 Å². The van der Waals surface area contributed by atoms with Crippen molar-refractivity contribution in [3.05, 3.63) is 24.3 Å². The SMILES string of the molecule is CCCCCCCCCCCCCCC/C=C/C(O)C(CO)NC(=O)CCCCCCCCC/C=C\CCCCCCOC(=O)CCCCCCCCCCCCCCCCCCCCC. The third-order valence-electron chi connectivity index (χ3n) is 13.7. The third kappa shape index (κ3) is 51.7. The molecule has 0 saturated carbocycles. The number of rotatable bonds is 55. The van der Waals surface area contributed by atoms with Gasteiger partial charge < -0.3 is 20.3 Å². The Hall–Kier alpha value is -1.66. The molecule has 0 aliphatic heterocycles. The van der Waals surface area contributed by atoms with Crippen molar-refractivity contribution in [1.29, 1.82) is 0 Å². The van der Waals surface area contributed by atoms with Gasteiger partial charge in [0.15, 0.2) is 0 Å². The minimum Gasteiger partial charge on any atom is -0.466 e. The second-order valence-electron chi connectivity index (χ2n) is 20.3. The summed E-state index contributed by atoms with van der Waals surface area (Å²) in [7, 11) is 0. The van der Waals surface area contributed by atoms with E-state index in [2.05, 4.69) is 31.3 Å². The smallest absolute Gasteiger partial charge is 0.305 e. The average Bonchev–Trinajstić information content (AvgIpc) is 3.32. The summed E-state index contributed by atoms with van der Waals surface area (Å²) in [5.41, 5.74) is 0. The maximum atomic E-state index is 12.4. The van der Waals surface area contributed by atoms with Crippen molar-refractivity contribution in [3.8, 4) is 0 Å². The first-order valence-corrected chi connectivity index (χ1v) is 29.6. The van der Waals surface area contributed by atoms with Gasteiger partial charge in [0.1, 0.15) is 0 Å². The Bertz CT molecular complexity index is 1030. The van der Waals surface area contributed by atoms with E-state index < -0.39 is 12.1 Å². The zero-order valence-corrected chi connectivity index (χ0v) is 44.4. The molecular weight excluding hydrogens is 815 g/mol. The number of hydrogen-bond donors (Lipinski definition) is 3. The number of nitrogens with one attached hydrogen (secondary N) is 1. The Balaban J connectivity index is 3.46. The van der Waals surface area contributed by atoms with Crippen molar-refractivity contribution in [2.45, 2.75) is 334 Å². The Labute approximate surface area is 411 Å². The van der Waals surface area contributed by atoms with Gasteiger partial charge in [0, 0.05) is 12.8 Å². The van der Waals surface area contributed by atoms with E-state index in [1.54, 1.807) is 6.08 Å². The molecule has 0 radical (unpaired) electrons. The fourth-order valence-electron chi connectivity index (χ4n) is 9.16. The summed E-state index contributed by atoms with van der Waals surface area (Å²) in [6, 6.07) is -0.639. The van der Waals surface area contributed by atoms with Crippen molar-refractivity contribution in [1.82, 2.24) is 5.32 Å². The molecular formula is C60H115NO5. The molecule has 2 atom stereocenters. The van der Waals surface area contributed by atoms with E-state index in [4.69, 9.17) is 4.74 Å². The predicted octanol–water partition coefficient (Wildman–Crippen LogP) is 18.2. The van der Waals surface area contributed by atoms with Crippen molar-refractivity contribution < 1.29 is 24.5 Å². The van der Waals surface area contributed by atoms with Gasteiger partial charge in [-0.05, 0) is 57.8 Å². The lowest BCUT2D eigenvalue weighted by molar-refractivity contribution is -0.143. The van der Waals surface area contributed by atoms with Crippen LogP contribution < -0.4 is 5.32 Å². The number of hydrogen-bond acceptors (Lipinski definition) is 5. The highest BCUT2D eigenvalue weighted by Gasteiger charge is 2.18. The van der Waals surface area contributed by atoms with Gasteiger partial charge in [-0.15, -0.1) is 0 Å². The molecule has 0 aromatic heterocycles. The molecule has 66 heavy (non-hydrogen) atoms. The lowest BCUT2D eigenvalue weighted by atomic mass is 10.0. The minimum atomic E-state index is -0.854. The Morgan fingerprint density at radius 1 is 0.409 bits per heavy atom. The molecule has 3 N–H and O–H groups in total. The molecule has 1 amide bonds. The molecule has 0 aliphatic rings. The van der Waals surface area contributed by atoms with E-state index in [1.165, 1.54) is 225 Å². The number of carbonyl (C=O) groups is 2. The molecule has 6 nitrogen and oxygen atoms in total. The van der Waals surface area contributed by atoms with Gasteiger partial charge in [-0.2, -0.15) is 0 Å². The van der Waals surface area contributed by atoms with Crippen LogP contribution in [0.1, 0.15) is 322 Å². The summed E-state index contributed by atoms with van der Waals surface area (Å²) >= 11 is 0. The van der Waals surface area contributed by atoms with Crippen LogP contribution in [-0.4, -0.2) is 47.4 Å². The number of ether oxygens (including phenoxy) is 1. The normalized spacial score (nSPS) is 12.7. The summed E-state index contributed by atoms with van der Waals surface area (Å²) < 4.78 is 5.48. The fourth-order valence-corrected chi connectivity index (χ4v) is 9.16. The first-order valence-electron chi connectivity index (χ1n) is 29.6. The van der Waals surface area contributed by atoms with Crippen LogP contribution in [-0.2, 0) is 14.3 Å². The van der Waals surface area contributed by atoms with Crippen LogP contribution in [0.3, 0.4) is 0 Å². The van der Waals surface area contributed by atoms with Crippen LogP contribution in [0.2, 0.25) is 0 Å². The number of aliphatic hydroxyl groups excluding tert-OH is 2. The van der Waals surface area contributed by atoms with Gasteiger partial charge in [0.25, 0.3) is 0 Å². The number of esters is 1. The molecule has 0 fully saturated rings. The molecule has 2 unspecified atom stereocenters. The van der Waals surface area contributed by atoms with Gasteiger partial charge in [-0.3, -0.25) is 9.59 Å². The highest BCUT2D eigenvalue weighted by Crippen LogP contribution is 2.17. The lowest BCUT2D eigenvalue weighted by Crippen LogP contribution is -2.45. The molecule has 6 heteroatoms. The molecule has 0 aromatic rings. The third-order valence-corrected chi connectivity index (χ3v) is 13.7. The number of unbranched alkanes of at least 4 members (excludes halogenated alkanes) is 42. The summed E-state index contributed by atoms with van der Waals surface area (Å²) in [6.45, 7) is 4.89. The van der Waals surface area contributed by atoms with Crippen LogP contribution in [0.15, 0.2) is 24.3 Å². The number of allylic oxidation sites excluding steroid dienone is 3. The summed E-state index contributed by atoms with van der Waals surface area (Å²) in [5, 5.41) is 23.1. The zero-order valence-electron chi connectivity index (χ0n) is 44.4. The van der Waals surface area contributed by atoms with Crippen LogP contribution in [0.25, 0.3) is 0 Å². The largest absolute Gasteiger partial charge is 0.466 e. The molecule has 0 aliphatic carbocycles. The first-order chi connectivity index (χ1) is 32.5. The summed E-state index contributed by atoms with van der Waals surface area (Å²) in [6.07, 6.45) is 67.7. The summed E-state index contributed by atoms with van der Waals surface area (Å²) in [4.78, 5) is 24.5. The maximum Gasteiger partial charge on any atom is 0.305 e. The van der Waals surface area contributed by atoms with E-state index >= 15 is 0 Å². The van der Waals surface area contributed by atoms with E-state index in [1.807, 2.05) is 6.08 Å². The van der Waals surface area contributed by atoms with E-state index in [0.29, 0.717) is 19.4 Å². The second-order valence-corrected chi connectivity index (χ2v) is 20.3. The Morgan fingerprint density at radius 3 is 1.08 bits per heavy atom. The van der Waals surface area contributed by atoms with Crippen LogP contribution >= 0.6 is 0 Å². The average molecular weight is 931 g/mol. The van der Waals surface area contributed by atoms with Crippen LogP contribution in [0.5, 0.6) is 0 Å². The predicted molar refractivity (Wildman–Crippen MR) is 287 cm³/mol. The Morgan fingerprint density at radius 2 is 0.712 bits per heavy atom. The minimum absolute atomic E-state index is 0.00625. The molecule has 390 valence electrons. The van der Waals surface area contributed by atoms with Gasteiger partial charge in [0.05, 0.1) is 25.4 Å². The number of amides is 1. The zero-order chi connectivity index (χ0) is 47.9. The monoisotopic (exact) mass is 930 g/mol. The molecule has 0 spiro atoms. The highest BCUT2D eigenvalue weighted by atomic mass is 16.5. The van der Waals surface area contributed by atoms with Crippen LogP contribution in [0.4, 0.5) is 0 Å². The molecule has 0 saturated heterocycles. The number of carbonyl (C=O) groups excluding carboxylic acids is 2. The van der Waals surface area contributed by atoms with E-state index in [0.717, 1.165) is 70.6 Å². The van der Waals surface area contributed by atoms with Crippen molar-refractivity contribution in [3.63, 3.8) is 0 Å². The summed E-state index contributed by atoms with van der Waals surface area (Å²) in [5.74, 6) is -0.0880. The molecule has 0 rings (SSSR count). The molecule has 0 aromatic carbocycles. The first kappa shape index (κ1) is 64.3. The van der Waals surface area contributed by atoms with Gasteiger partial charge in [-0.25, -0.2) is 0 Å². The lowest BCUT2D eigenvalue weighted by Gasteiger charge is -2.20. The second kappa shape index (κ2) is 55.9. The van der Waals surface area contributed by atoms with E-state index in [9.17, 15) is 19.8 Å². The van der Waals surface area contributed by atoms with Crippen molar-refractivity contribution >= 4 is 11.9 Å².